The zero-order valence-corrected chi connectivity index (χ0v) is 15.0. The van der Waals surface area contributed by atoms with Crippen molar-refractivity contribution < 1.29 is 4.74 Å². The Morgan fingerprint density at radius 3 is 2.40 bits per heavy atom. The van der Waals surface area contributed by atoms with Crippen molar-refractivity contribution in [3.05, 3.63) is 47.1 Å². The lowest BCUT2D eigenvalue weighted by atomic mass is 10.1. The van der Waals surface area contributed by atoms with Crippen LogP contribution >= 0.6 is 15.9 Å². The molecule has 1 aromatic carbocycles. The summed E-state index contributed by atoms with van der Waals surface area (Å²) in [7, 11) is -1.02. The Morgan fingerprint density at radius 2 is 1.75 bits per heavy atom. The summed E-state index contributed by atoms with van der Waals surface area (Å²) in [5.74, 6) is 0. The quantitative estimate of drug-likeness (QED) is 0.513. The van der Waals surface area contributed by atoms with Gasteiger partial charge in [-0.05, 0) is 39.7 Å². The van der Waals surface area contributed by atoms with Gasteiger partial charge in [-0.15, -0.1) is 0 Å². The first-order valence-corrected chi connectivity index (χ1v) is 11.5. The van der Waals surface area contributed by atoms with Gasteiger partial charge < -0.3 is 9.30 Å². The van der Waals surface area contributed by atoms with Crippen LogP contribution in [0.1, 0.15) is 0 Å². The number of nitrogens with zero attached hydrogens (tertiary/aromatic N) is 1. The molecule has 2 nitrogen and oxygen atoms in total. The highest BCUT2D eigenvalue weighted by atomic mass is 79.9. The summed E-state index contributed by atoms with van der Waals surface area (Å²) >= 11 is 3.60. The molecule has 0 aliphatic carbocycles. The van der Waals surface area contributed by atoms with E-state index in [9.17, 15) is 0 Å². The highest BCUT2D eigenvalue weighted by Gasteiger charge is 2.13. The van der Waals surface area contributed by atoms with E-state index >= 15 is 0 Å². The number of benzene rings is 1. The van der Waals surface area contributed by atoms with Crippen LogP contribution in [0.2, 0.25) is 25.7 Å². The first-order chi connectivity index (χ1) is 9.47. The molecule has 2 rings (SSSR count). The number of hydrogen-bond acceptors (Lipinski definition) is 1. The molecule has 0 unspecified atom stereocenters. The third-order valence-electron chi connectivity index (χ3n) is 3.21. The van der Waals surface area contributed by atoms with Crippen LogP contribution in [0.3, 0.4) is 0 Å². The lowest BCUT2D eigenvalue weighted by Crippen LogP contribution is -2.22. The molecule has 0 radical (unpaired) electrons. The first kappa shape index (κ1) is 15.5. The number of hydrogen-bond donors (Lipinski definition) is 0. The molecule has 108 valence electrons. The van der Waals surface area contributed by atoms with E-state index in [0.29, 0.717) is 6.73 Å². The summed E-state index contributed by atoms with van der Waals surface area (Å²) in [5.41, 5.74) is 2.40. The van der Waals surface area contributed by atoms with Crippen molar-refractivity contribution in [1.29, 1.82) is 0 Å². The second kappa shape index (κ2) is 6.74. The number of aromatic nitrogens is 1. The Morgan fingerprint density at radius 1 is 1.05 bits per heavy atom. The molecule has 0 N–H and O–H groups in total. The minimum atomic E-state index is -1.02. The van der Waals surface area contributed by atoms with Gasteiger partial charge in [0, 0.05) is 14.7 Å². The molecule has 0 spiro atoms. The molecule has 0 atom stereocenters. The summed E-state index contributed by atoms with van der Waals surface area (Å²) < 4.78 is 9.09. The van der Waals surface area contributed by atoms with Crippen LogP contribution in [0.25, 0.3) is 11.3 Å². The normalized spacial score (nSPS) is 11.8. The number of halogens is 1. The lowest BCUT2D eigenvalue weighted by Gasteiger charge is -2.17. The second-order valence-corrected chi connectivity index (χ2v) is 12.6. The number of ether oxygens (including phenoxy) is 1. The van der Waals surface area contributed by atoms with Gasteiger partial charge in [0.25, 0.3) is 0 Å². The van der Waals surface area contributed by atoms with Gasteiger partial charge in [0.1, 0.15) is 6.73 Å². The topological polar surface area (TPSA) is 14.2 Å². The zero-order valence-electron chi connectivity index (χ0n) is 12.4. The Bertz CT molecular complexity index is 545. The molecule has 0 aliphatic heterocycles. The third kappa shape index (κ3) is 4.33. The Labute approximate surface area is 130 Å². The molecule has 0 fully saturated rings. The van der Waals surface area contributed by atoms with E-state index in [4.69, 9.17) is 4.74 Å². The smallest absolute Gasteiger partial charge is 0.123 e. The molecule has 4 heteroatoms. The van der Waals surface area contributed by atoms with E-state index < -0.39 is 8.07 Å². The van der Waals surface area contributed by atoms with E-state index in [2.05, 4.69) is 76.5 Å². The molecule has 2 aromatic rings. The zero-order chi connectivity index (χ0) is 14.6. The minimum absolute atomic E-state index is 0.599. The first-order valence-electron chi connectivity index (χ1n) is 6.95. The monoisotopic (exact) mass is 351 g/mol. The van der Waals surface area contributed by atoms with Crippen LogP contribution in [-0.4, -0.2) is 19.2 Å². The van der Waals surface area contributed by atoms with Crippen molar-refractivity contribution in [2.75, 3.05) is 6.61 Å². The summed E-state index contributed by atoms with van der Waals surface area (Å²) in [6.45, 7) is 8.56. The third-order valence-corrected chi connectivity index (χ3v) is 5.61. The van der Waals surface area contributed by atoms with Crippen LogP contribution in [0.4, 0.5) is 0 Å². The minimum Gasteiger partial charge on any atom is -0.361 e. The molecule has 0 bridgehead atoms. The van der Waals surface area contributed by atoms with Gasteiger partial charge >= 0.3 is 0 Å². The maximum atomic E-state index is 5.86. The lowest BCUT2D eigenvalue weighted by molar-refractivity contribution is 0.0871. The fraction of sp³-hybridized carbons (Fsp3) is 0.375. The van der Waals surface area contributed by atoms with E-state index in [1.807, 2.05) is 6.07 Å². The highest BCUT2D eigenvalue weighted by Crippen LogP contribution is 2.25. The van der Waals surface area contributed by atoms with Crippen molar-refractivity contribution in [1.82, 2.24) is 4.57 Å². The van der Waals surface area contributed by atoms with Crippen LogP contribution in [0, 0.1) is 0 Å². The Hall–Kier alpha value is -0.843. The van der Waals surface area contributed by atoms with Crippen LogP contribution in [0.15, 0.2) is 47.1 Å². The largest absolute Gasteiger partial charge is 0.361 e. The van der Waals surface area contributed by atoms with Gasteiger partial charge in [-0.3, -0.25) is 0 Å². The van der Waals surface area contributed by atoms with E-state index in [1.165, 1.54) is 17.3 Å². The van der Waals surface area contributed by atoms with Crippen molar-refractivity contribution in [3.8, 4) is 11.3 Å². The van der Waals surface area contributed by atoms with Crippen LogP contribution in [0.5, 0.6) is 0 Å². The molecule has 1 aromatic heterocycles. The summed E-state index contributed by atoms with van der Waals surface area (Å²) in [4.78, 5) is 0. The maximum Gasteiger partial charge on any atom is 0.123 e. The molecule has 1 heterocycles. The second-order valence-electron chi connectivity index (χ2n) is 6.18. The molecule has 0 amide bonds. The van der Waals surface area contributed by atoms with Gasteiger partial charge in [0.15, 0.2) is 0 Å². The van der Waals surface area contributed by atoms with Crippen molar-refractivity contribution in [2.24, 2.45) is 0 Å². The van der Waals surface area contributed by atoms with Crippen molar-refractivity contribution >= 4 is 24.0 Å². The molecule has 20 heavy (non-hydrogen) atoms. The van der Waals surface area contributed by atoms with E-state index in [-0.39, 0.29) is 0 Å². The standard InChI is InChI=1S/C16H22BrNOSi/c1-20(2,3)12-11-19-13-18-15(9-10-16(18)17)14-7-5-4-6-8-14/h4-10H,11-13H2,1-3H3. The predicted molar refractivity (Wildman–Crippen MR) is 91.7 cm³/mol. The molecular formula is C16H22BrNOSi. The van der Waals surface area contributed by atoms with Crippen molar-refractivity contribution in [2.45, 2.75) is 32.4 Å². The SMILES string of the molecule is C[Si](C)(C)CCOCn1c(Br)ccc1-c1ccccc1. The van der Waals surface area contributed by atoms with Crippen molar-refractivity contribution in [3.63, 3.8) is 0 Å². The Balaban J connectivity index is 2.03. The van der Waals surface area contributed by atoms with Crippen LogP contribution in [-0.2, 0) is 11.5 Å². The molecular weight excluding hydrogens is 330 g/mol. The fourth-order valence-corrected chi connectivity index (χ4v) is 3.15. The van der Waals surface area contributed by atoms with Gasteiger partial charge in [-0.25, -0.2) is 0 Å². The predicted octanol–water partition coefficient (Wildman–Crippen LogP) is 5.23. The summed E-state index contributed by atoms with van der Waals surface area (Å²) in [6, 6.07) is 15.8. The van der Waals surface area contributed by atoms with Gasteiger partial charge in [0.2, 0.25) is 0 Å². The fourth-order valence-electron chi connectivity index (χ4n) is 1.97. The van der Waals surface area contributed by atoms with Crippen LogP contribution < -0.4 is 0 Å². The highest BCUT2D eigenvalue weighted by molar-refractivity contribution is 9.10. The van der Waals surface area contributed by atoms with Gasteiger partial charge in [-0.2, -0.15) is 0 Å². The summed E-state index contributed by atoms with van der Waals surface area (Å²) in [6.07, 6.45) is 0. The Kier molecular flexibility index (Phi) is 5.24. The summed E-state index contributed by atoms with van der Waals surface area (Å²) in [5, 5.41) is 0. The maximum absolute atomic E-state index is 5.86. The van der Waals surface area contributed by atoms with Gasteiger partial charge in [0.05, 0.1) is 10.3 Å². The van der Waals surface area contributed by atoms with E-state index in [0.717, 1.165) is 11.2 Å². The average molecular weight is 352 g/mol. The van der Waals surface area contributed by atoms with E-state index in [1.54, 1.807) is 0 Å². The average Bonchev–Trinajstić information content (AvgIpc) is 2.76. The molecule has 0 saturated heterocycles. The number of rotatable bonds is 6. The van der Waals surface area contributed by atoms with Gasteiger partial charge in [-0.1, -0.05) is 50.0 Å². The molecule has 0 saturated carbocycles. The molecule has 0 aliphatic rings.